The molecule has 2 rings (SSSR count). The van der Waals surface area contributed by atoms with Crippen LogP contribution in [0.15, 0.2) is 29.3 Å². The van der Waals surface area contributed by atoms with Crippen LogP contribution in [0.4, 0.5) is 4.39 Å². The number of hydrogen-bond acceptors (Lipinski definition) is 2. The van der Waals surface area contributed by atoms with E-state index in [4.69, 9.17) is 4.99 Å². The molecule has 1 aliphatic rings. The van der Waals surface area contributed by atoms with Crippen molar-refractivity contribution in [3.63, 3.8) is 0 Å². The zero-order valence-corrected chi connectivity index (χ0v) is 14.6. The Morgan fingerprint density at radius 2 is 1.83 bits per heavy atom. The van der Waals surface area contributed by atoms with Gasteiger partial charge < -0.3 is 14.9 Å². The van der Waals surface area contributed by atoms with Crippen molar-refractivity contribution < 1.29 is 9.50 Å². The number of aliphatic hydroxyl groups is 1. The molecule has 2 unspecified atom stereocenters. The molecule has 1 fully saturated rings. The highest BCUT2D eigenvalue weighted by Gasteiger charge is 2.42. The molecule has 2 atom stereocenters. The van der Waals surface area contributed by atoms with E-state index in [2.05, 4.69) is 0 Å². The minimum Gasteiger partial charge on any atom is -0.392 e. The second kappa shape index (κ2) is 7.30. The van der Waals surface area contributed by atoms with Crippen LogP contribution in [0.2, 0.25) is 0 Å². The van der Waals surface area contributed by atoms with Gasteiger partial charge in [0.2, 0.25) is 0 Å². The third kappa shape index (κ3) is 4.22. The minimum atomic E-state index is -0.359. The molecule has 5 heteroatoms. The van der Waals surface area contributed by atoms with Crippen LogP contribution < -0.4 is 0 Å². The fourth-order valence-corrected chi connectivity index (χ4v) is 3.49. The summed E-state index contributed by atoms with van der Waals surface area (Å²) in [6, 6.07) is 6.59. The van der Waals surface area contributed by atoms with E-state index < -0.39 is 0 Å². The fourth-order valence-electron chi connectivity index (χ4n) is 3.49. The normalized spacial score (nSPS) is 23.7. The van der Waals surface area contributed by atoms with Crippen molar-refractivity contribution in [1.29, 1.82) is 0 Å². The molecule has 1 N–H and O–H groups in total. The van der Waals surface area contributed by atoms with Crippen LogP contribution in [0.1, 0.15) is 24.8 Å². The van der Waals surface area contributed by atoms with Gasteiger partial charge in [0.15, 0.2) is 5.96 Å². The Hall–Kier alpha value is -1.62. The summed E-state index contributed by atoms with van der Waals surface area (Å²) >= 11 is 0. The zero-order valence-electron chi connectivity index (χ0n) is 14.6. The highest BCUT2D eigenvalue weighted by Crippen LogP contribution is 2.41. The molecular weight excluding hydrogens is 293 g/mol. The van der Waals surface area contributed by atoms with E-state index in [9.17, 15) is 9.50 Å². The Labute approximate surface area is 138 Å². The monoisotopic (exact) mass is 321 g/mol. The Balaban J connectivity index is 2.22. The van der Waals surface area contributed by atoms with Gasteiger partial charge in [0.25, 0.3) is 0 Å². The standard InChI is InChI=1S/C18H28FN3O/c1-21(2)17(22(3)4)20-13-18(11-5-6-16(18)23)12-14-7-9-15(19)10-8-14/h7-10,16,23H,5-6,11-13H2,1-4H3. The van der Waals surface area contributed by atoms with Gasteiger partial charge in [0.05, 0.1) is 12.6 Å². The third-order valence-corrected chi connectivity index (χ3v) is 4.66. The Bertz CT molecular complexity index is 532. The summed E-state index contributed by atoms with van der Waals surface area (Å²) in [4.78, 5) is 8.73. The van der Waals surface area contributed by atoms with Crippen LogP contribution in [0.25, 0.3) is 0 Å². The molecule has 4 nitrogen and oxygen atoms in total. The van der Waals surface area contributed by atoms with E-state index in [0.29, 0.717) is 6.54 Å². The lowest BCUT2D eigenvalue weighted by Gasteiger charge is -2.33. The van der Waals surface area contributed by atoms with Gasteiger partial charge >= 0.3 is 0 Å². The first-order valence-electron chi connectivity index (χ1n) is 8.16. The maximum Gasteiger partial charge on any atom is 0.195 e. The number of hydrogen-bond donors (Lipinski definition) is 1. The zero-order chi connectivity index (χ0) is 17.0. The molecule has 0 spiro atoms. The molecule has 0 aliphatic heterocycles. The Kier molecular flexibility index (Phi) is 5.63. The molecule has 128 valence electrons. The van der Waals surface area contributed by atoms with Crippen LogP contribution in [0.5, 0.6) is 0 Å². The van der Waals surface area contributed by atoms with Gasteiger partial charge in [-0.25, -0.2) is 4.39 Å². The van der Waals surface area contributed by atoms with Crippen molar-refractivity contribution in [2.24, 2.45) is 10.4 Å². The summed E-state index contributed by atoms with van der Waals surface area (Å²) in [6.45, 7) is 0.581. The SMILES string of the molecule is CN(C)C(=NCC1(Cc2ccc(F)cc2)CCCC1O)N(C)C. The third-order valence-electron chi connectivity index (χ3n) is 4.66. The Morgan fingerprint density at radius 1 is 1.22 bits per heavy atom. The van der Waals surface area contributed by atoms with Crippen molar-refractivity contribution in [1.82, 2.24) is 9.80 Å². The van der Waals surface area contributed by atoms with Crippen molar-refractivity contribution in [2.75, 3.05) is 34.7 Å². The van der Waals surface area contributed by atoms with Gasteiger partial charge in [0.1, 0.15) is 5.82 Å². The van der Waals surface area contributed by atoms with Crippen molar-refractivity contribution in [3.05, 3.63) is 35.6 Å². The van der Waals surface area contributed by atoms with Gasteiger partial charge in [-0.05, 0) is 37.0 Å². The average Bonchev–Trinajstić information content (AvgIpc) is 2.82. The number of nitrogens with zero attached hydrogens (tertiary/aromatic N) is 3. The van der Waals surface area contributed by atoms with E-state index in [1.165, 1.54) is 12.1 Å². The molecule has 1 aromatic carbocycles. The minimum absolute atomic E-state index is 0.227. The lowest BCUT2D eigenvalue weighted by atomic mass is 9.78. The van der Waals surface area contributed by atoms with Gasteiger partial charge in [-0.15, -0.1) is 0 Å². The lowest BCUT2D eigenvalue weighted by Crippen LogP contribution is -2.39. The van der Waals surface area contributed by atoms with E-state index in [1.807, 2.05) is 50.1 Å². The molecule has 1 aromatic rings. The highest BCUT2D eigenvalue weighted by molar-refractivity contribution is 5.79. The van der Waals surface area contributed by atoms with Crippen molar-refractivity contribution in [3.8, 4) is 0 Å². The molecule has 0 aromatic heterocycles. The predicted molar refractivity (Wildman–Crippen MR) is 92.1 cm³/mol. The summed E-state index contributed by atoms with van der Waals surface area (Å²) in [7, 11) is 7.88. The molecule has 0 saturated heterocycles. The average molecular weight is 321 g/mol. The quantitative estimate of drug-likeness (QED) is 0.683. The first-order valence-corrected chi connectivity index (χ1v) is 8.16. The van der Waals surface area contributed by atoms with Crippen LogP contribution in [0.3, 0.4) is 0 Å². The van der Waals surface area contributed by atoms with Crippen molar-refractivity contribution in [2.45, 2.75) is 31.8 Å². The molecule has 0 radical (unpaired) electrons. The van der Waals surface area contributed by atoms with E-state index in [1.54, 1.807) is 0 Å². The topological polar surface area (TPSA) is 39.1 Å². The van der Waals surface area contributed by atoms with E-state index in [-0.39, 0.29) is 17.3 Å². The predicted octanol–water partition coefficient (Wildman–Crippen LogP) is 2.38. The number of aliphatic imine (C=N–C) groups is 1. The first kappa shape index (κ1) is 17.7. The second-order valence-electron chi connectivity index (χ2n) is 6.98. The van der Waals surface area contributed by atoms with Crippen LogP contribution in [-0.4, -0.2) is 61.7 Å². The summed E-state index contributed by atoms with van der Waals surface area (Å²) in [5, 5.41) is 10.6. The molecule has 1 aliphatic carbocycles. The molecule has 1 saturated carbocycles. The maximum atomic E-state index is 13.1. The number of halogens is 1. The van der Waals surface area contributed by atoms with Gasteiger partial charge in [0, 0.05) is 33.6 Å². The van der Waals surface area contributed by atoms with Gasteiger partial charge in [-0.3, -0.25) is 4.99 Å². The smallest absolute Gasteiger partial charge is 0.195 e. The van der Waals surface area contributed by atoms with Crippen molar-refractivity contribution >= 4 is 5.96 Å². The van der Waals surface area contributed by atoms with Crippen LogP contribution >= 0.6 is 0 Å². The van der Waals surface area contributed by atoms with E-state index >= 15 is 0 Å². The molecule has 0 heterocycles. The summed E-state index contributed by atoms with van der Waals surface area (Å²) in [5.74, 6) is 0.665. The maximum absolute atomic E-state index is 13.1. The van der Waals surface area contributed by atoms with Gasteiger partial charge in [-0.1, -0.05) is 18.6 Å². The summed E-state index contributed by atoms with van der Waals surface area (Å²) in [5.41, 5.74) is 0.800. The first-order chi connectivity index (χ1) is 10.8. The van der Waals surface area contributed by atoms with Crippen LogP contribution in [0, 0.1) is 11.2 Å². The fraction of sp³-hybridized carbons (Fsp3) is 0.611. The summed E-state index contributed by atoms with van der Waals surface area (Å²) in [6.07, 6.45) is 3.14. The number of benzene rings is 1. The number of aliphatic hydroxyl groups excluding tert-OH is 1. The highest BCUT2D eigenvalue weighted by atomic mass is 19.1. The molecule has 0 bridgehead atoms. The summed E-state index contributed by atoms with van der Waals surface area (Å²) < 4.78 is 13.1. The largest absolute Gasteiger partial charge is 0.392 e. The number of rotatable bonds is 4. The molecular formula is C18H28FN3O. The lowest BCUT2D eigenvalue weighted by molar-refractivity contribution is 0.0588. The molecule has 23 heavy (non-hydrogen) atoms. The Morgan fingerprint density at radius 3 is 2.30 bits per heavy atom. The number of guanidine groups is 1. The second-order valence-corrected chi connectivity index (χ2v) is 6.98. The van der Waals surface area contributed by atoms with E-state index in [0.717, 1.165) is 37.2 Å². The van der Waals surface area contributed by atoms with Gasteiger partial charge in [-0.2, -0.15) is 0 Å². The van der Waals surface area contributed by atoms with Crippen LogP contribution in [-0.2, 0) is 6.42 Å². The molecule has 0 amide bonds.